The lowest BCUT2D eigenvalue weighted by Gasteiger charge is -2.14. The molecular formula is C14H13ClF5N5O2. The molecule has 1 N–H and O–H groups in total. The number of hydrogen-bond acceptors (Lipinski definition) is 7. The summed E-state index contributed by atoms with van der Waals surface area (Å²) in [5, 5.41) is 2.70. The zero-order chi connectivity index (χ0) is 20.2. The van der Waals surface area contributed by atoms with Crippen molar-refractivity contribution in [2.45, 2.75) is 11.7 Å². The average Bonchev–Trinajstić information content (AvgIpc) is 2.52. The fraction of sp³-hybridized carbons (Fsp3) is 0.357. The molecule has 7 nitrogen and oxygen atoms in total. The molecule has 0 bridgehead atoms. The Morgan fingerprint density at radius 3 is 2.19 bits per heavy atom. The molecule has 0 amide bonds. The van der Waals surface area contributed by atoms with Gasteiger partial charge in [0.15, 0.2) is 6.61 Å². The standard InChI is InChI=1S/C14H13ClF5N5O2/c1-25(2)11-22-10(23-12(24-11)26-7-13(16,17)18)21-8-3-5-9(6-4-8)27-14(15,19)20/h3-6H,7H2,1-2H3,(H,21,22,23,24). The van der Waals surface area contributed by atoms with Crippen LogP contribution in [-0.4, -0.2) is 47.4 Å². The van der Waals surface area contributed by atoms with Gasteiger partial charge in [0.05, 0.1) is 0 Å². The molecule has 0 saturated carbocycles. The van der Waals surface area contributed by atoms with Gasteiger partial charge in [-0.25, -0.2) is 0 Å². The maximum atomic E-state index is 12.6. The van der Waals surface area contributed by atoms with Crippen LogP contribution in [0.1, 0.15) is 0 Å². The topological polar surface area (TPSA) is 72.4 Å². The van der Waals surface area contributed by atoms with Gasteiger partial charge >= 0.3 is 17.8 Å². The molecule has 1 aromatic carbocycles. The number of aromatic nitrogens is 3. The predicted molar refractivity (Wildman–Crippen MR) is 86.9 cm³/mol. The fourth-order valence-corrected chi connectivity index (χ4v) is 1.77. The first-order valence-electron chi connectivity index (χ1n) is 7.17. The third-order valence-electron chi connectivity index (χ3n) is 2.71. The number of rotatable bonds is 7. The van der Waals surface area contributed by atoms with E-state index in [1.165, 1.54) is 29.2 Å². The van der Waals surface area contributed by atoms with Gasteiger partial charge in [0.25, 0.3) is 0 Å². The molecule has 2 aromatic rings. The van der Waals surface area contributed by atoms with Crippen molar-refractivity contribution in [2.75, 3.05) is 30.9 Å². The number of ether oxygens (including phenoxy) is 2. The van der Waals surface area contributed by atoms with E-state index in [9.17, 15) is 22.0 Å². The molecule has 13 heteroatoms. The summed E-state index contributed by atoms with van der Waals surface area (Å²) in [6, 6.07) is 4.58. The second kappa shape index (κ2) is 7.94. The highest BCUT2D eigenvalue weighted by atomic mass is 35.5. The Kier molecular flexibility index (Phi) is 6.08. The van der Waals surface area contributed by atoms with Crippen LogP contribution in [0.4, 0.5) is 39.5 Å². The van der Waals surface area contributed by atoms with Crippen LogP contribution in [0.2, 0.25) is 0 Å². The van der Waals surface area contributed by atoms with Gasteiger partial charge in [-0.3, -0.25) is 0 Å². The van der Waals surface area contributed by atoms with Gasteiger partial charge in [0.1, 0.15) is 5.75 Å². The largest absolute Gasteiger partial charge is 0.487 e. The Morgan fingerprint density at radius 2 is 1.67 bits per heavy atom. The summed E-state index contributed by atoms with van der Waals surface area (Å²) in [5.41, 5.74) is -3.51. The number of benzene rings is 1. The van der Waals surface area contributed by atoms with E-state index in [-0.39, 0.29) is 17.6 Å². The maximum absolute atomic E-state index is 12.6. The smallest absolute Gasteiger partial charge is 0.454 e. The summed E-state index contributed by atoms with van der Waals surface area (Å²) >= 11 is 4.67. The van der Waals surface area contributed by atoms with Crippen molar-refractivity contribution in [3.8, 4) is 11.8 Å². The Hall–Kier alpha value is -2.63. The molecule has 0 saturated heterocycles. The minimum absolute atomic E-state index is 0.0476. The molecule has 0 fully saturated rings. The van der Waals surface area contributed by atoms with Crippen LogP contribution in [0.5, 0.6) is 11.8 Å². The van der Waals surface area contributed by atoms with Crippen molar-refractivity contribution in [2.24, 2.45) is 0 Å². The zero-order valence-electron chi connectivity index (χ0n) is 13.9. The van der Waals surface area contributed by atoms with Crippen LogP contribution in [0, 0.1) is 0 Å². The second-order valence-corrected chi connectivity index (χ2v) is 5.68. The van der Waals surface area contributed by atoms with Crippen LogP contribution < -0.4 is 19.7 Å². The highest BCUT2D eigenvalue weighted by Crippen LogP contribution is 2.27. The summed E-state index contributed by atoms with van der Waals surface area (Å²) in [4.78, 5) is 12.9. The van der Waals surface area contributed by atoms with Crippen LogP contribution >= 0.6 is 11.6 Å². The van der Waals surface area contributed by atoms with Crippen LogP contribution in [0.3, 0.4) is 0 Å². The Labute approximate surface area is 155 Å². The number of anilines is 3. The molecule has 0 aliphatic heterocycles. The molecule has 0 aliphatic rings. The summed E-state index contributed by atoms with van der Waals surface area (Å²) in [7, 11) is 3.15. The lowest BCUT2D eigenvalue weighted by molar-refractivity contribution is -0.154. The number of halogens is 6. The van der Waals surface area contributed by atoms with E-state index in [2.05, 4.69) is 41.3 Å². The van der Waals surface area contributed by atoms with Gasteiger partial charge < -0.3 is 19.7 Å². The summed E-state index contributed by atoms with van der Waals surface area (Å²) < 4.78 is 70.8. The minimum Gasteiger partial charge on any atom is -0.454 e. The van der Waals surface area contributed by atoms with E-state index in [0.29, 0.717) is 5.69 Å². The van der Waals surface area contributed by atoms with Gasteiger partial charge in [-0.1, -0.05) is 0 Å². The van der Waals surface area contributed by atoms with Gasteiger partial charge in [-0.05, 0) is 24.3 Å². The van der Waals surface area contributed by atoms with Crippen LogP contribution in [-0.2, 0) is 0 Å². The second-order valence-electron chi connectivity index (χ2n) is 5.24. The van der Waals surface area contributed by atoms with E-state index in [0.717, 1.165) is 0 Å². The first-order chi connectivity index (χ1) is 12.4. The Balaban J connectivity index is 2.18. The Bertz CT molecular complexity index is 768. The zero-order valence-corrected chi connectivity index (χ0v) is 14.6. The number of nitrogens with zero attached hydrogens (tertiary/aromatic N) is 4. The van der Waals surface area contributed by atoms with Gasteiger partial charge in [0.2, 0.25) is 11.9 Å². The quantitative estimate of drug-likeness (QED) is 0.547. The molecule has 0 atom stereocenters. The normalized spacial score (nSPS) is 11.9. The Morgan fingerprint density at radius 1 is 1.04 bits per heavy atom. The van der Waals surface area contributed by atoms with E-state index in [4.69, 9.17) is 0 Å². The number of hydrogen-bond donors (Lipinski definition) is 1. The van der Waals surface area contributed by atoms with Crippen molar-refractivity contribution in [3.63, 3.8) is 0 Å². The molecule has 0 unspecified atom stereocenters. The molecule has 1 heterocycles. The SMILES string of the molecule is CN(C)c1nc(Nc2ccc(OC(F)(F)Cl)cc2)nc(OCC(F)(F)F)n1. The van der Waals surface area contributed by atoms with Crippen molar-refractivity contribution in [3.05, 3.63) is 24.3 Å². The third kappa shape index (κ3) is 7.25. The van der Waals surface area contributed by atoms with Gasteiger partial charge in [-0.2, -0.15) is 28.1 Å². The van der Waals surface area contributed by atoms with Gasteiger partial charge in [-0.15, -0.1) is 8.78 Å². The predicted octanol–water partition coefficient (Wildman–Crippen LogP) is 3.79. The van der Waals surface area contributed by atoms with Crippen molar-refractivity contribution >= 4 is 29.2 Å². The van der Waals surface area contributed by atoms with Crippen molar-refractivity contribution in [1.29, 1.82) is 0 Å². The lowest BCUT2D eigenvalue weighted by atomic mass is 10.3. The number of nitrogens with one attached hydrogen (secondary N) is 1. The van der Waals surface area contributed by atoms with Crippen LogP contribution in [0.25, 0.3) is 0 Å². The van der Waals surface area contributed by atoms with E-state index < -0.39 is 24.4 Å². The molecule has 27 heavy (non-hydrogen) atoms. The molecule has 0 radical (unpaired) electrons. The summed E-state index contributed by atoms with van der Waals surface area (Å²) in [5.74, 6) is -0.256. The highest BCUT2D eigenvalue weighted by Gasteiger charge is 2.29. The molecule has 148 valence electrons. The number of alkyl halides is 6. The first kappa shape index (κ1) is 20.7. The summed E-state index contributed by atoms with van der Waals surface area (Å²) in [6.45, 7) is -1.57. The van der Waals surface area contributed by atoms with E-state index >= 15 is 0 Å². The van der Waals surface area contributed by atoms with E-state index in [1.807, 2.05) is 0 Å². The average molecular weight is 414 g/mol. The fourth-order valence-electron chi connectivity index (χ4n) is 1.68. The lowest BCUT2D eigenvalue weighted by Crippen LogP contribution is -2.21. The monoisotopic (exact) mass is 413 g/mol. The van der Waals surface area contributed by atoms with Gasteiger partial charge in [0, 0.05) is 31.4 Å². The first-order valence-corrected chi connectivity index (χ1v) is 7.55. The molecule has 0 aliphatic carbocycles. The molecular weight excluding hydrogens is 401 g/mol. The van der Waals surface area contributed by atoms with Crippen molar-refractivity contribution in [1.82, 2.24) is 15.0 Å². The molecule has 1 aromatic heterocycles. The van der Waals surface area contributed by atoms with Crippen molar-refractivity contribution < 1.29 is 31.4 Å². The molecule has 2 rings (SSSR count). The molecule has 0 spiro atoms. The summed E-state index contributed by atoms with van der Waals surface area (Å²) in [6.07, 6.45) is -4.56. The minimum atomic E-state index is -4.56. The highest BCUT2D eigenvalue weighted by molar-refractivity contribution is 6.20. The van der Waals surface area contributed by atoms with E-state index in [1.54, 1.807) is 14.1 Å². The maximum Gasteiger partial charge on any atom is 0.487 e. The third-order valence-corrected chi connectivity index (χ3v) is 2.79. The van der Waals surface area contributed by atoms with Crippen LogP contribution in [0.15, 0.2) is 24.3 Å².